The van der Waals surface area contributed by atoms with E-state index in [1.165, 1.54) is 6.33 Å². The molecule has 0 fully saturated rings. The first kappa shape index (κ1) is 9.01. The van der Waals surface area contributed by atoms with Crippen LogP contribution in [-0.4, -0.2) is 15.2 Å². The maximum atomic E-state index is 3.78. The minimum Gasteiger partial charge on any atom is -0.241 e. The first-order valence-corrected chi connectivity index (χ1v) is 3.55. The smallest absolute Gasteiger partial charge is 0.138 e. The minimum absolute atomic E-state index is 0.904. The van der Waals surface area contributed by atoms with Crippen LogP contribution in [0.4, 0.5) is 0 Å². The van der Waals surface area contributed by atoms with Gasteiger partial charge in [-0.25, -0.2) is 4.98 Å². The van der Waals surface area contributed by atoms with Crippen LogP contribution in [0.5, 0.6) is 0 Å². The van der Waals surface area contributed by atoms with E-state index in [1.54, 1.807) is 6.20 Å². The fourth-order valence-electron chi connectivity index (χ4n) is 0.437. The molecular weight excluding hydrogens is 126 g/mol. The van der Waals surface area contributed by atoms with E-state index in [0.717, 1.165) is 12.1 Å². The van der Waals surface area contributed by atoms with Gasteiger partial charge in [0.15, 0.2) is 0 Å². The molecule has 0 aliphatic heterocycles. The SMILES string of the molecule is CC.CCc1cncnn1. The van der Waals surface area contributed by atoms with Crippen LogP contribution >= 0.6 is 0 Å². The van der Waals surface area contributed by atoms with Gasteiger partial charge in [-0.1, -0.05) is 20.8 Å². The maximum Gasteiger partial charge on any atom is 0.138 e. The summed E-state index contributed by atoms with van der Waals surface area (Å²) in [6, 6.07) is 0. The van der Waals surface area contributed by atoms with E-state index in [2.05, 4.69) is 15.2 Å². The van der Waals surface area contributed by atoms with Crippen LogP contribution in [0.1, 0.15) is 26.5 Å². The molecule has 0 atom stereocenters. The molecule has 1 aromatic rings. The fourth-order valence-corrected chi connectivity index (χ4v) is 0.437. The van der Waals surface area contributed by atoms with Gasteiger partial charge in [-0.3, -0.25) is 0 Å². The van der Waals surface area contributed by atoms with Crippen molar-refractivity contribution in [3.63, 3.8) is 0 Å². The number of aryl methyl sites for hydroxylation is 1. The zero-order valence-corrected chi connectivity index (χ0v) is 6.70. The van der Waals surface area contributed by atoms with Gasteiger partial charge in [0.25, 0.3) is 0 Å². The third-order valence-corrected chi connectivity index (χ3v) is 0.890. The summed E-state index contributed by atoms with van der Waals surface area (Å²) in [6.07, 6.45) is 4.05. The summed E-state index contributed by atoms with van der Waals surface area (Å²) in [5.41, 5.74) is 0.938. The Balaban J connectivity index is 0.000000371. The van der Waals surface area contributed by atoms with Crippen LogP contribution in [0.25, 0.3) is 0 Å². The van der Waals surface area contributed by atoms with Crippen LogP contribution in [-0.2, 0) is 6.42 Å². The molecular formula is C7H13N3. The highest BCUT2D eigenvalue weighted by Gasteiger charge is 1.84. The molecule has 0 saturated heterocycles. The molecule has 0 amide bonds. The summed E-state index contributed by atoms with van der Waals surface area (Å²) in [6.45, 7) is 6.02. The monoisotopic (exact) mass is 139 g/mol. The van der Waals surface area contributed by atoms with Crippen molar-refractivity contribution in [3.05, 3.63) is 18.2 Å². The van der Waals surface area contributed by atoms with Crippen molar-refractivity contribution < 1.29 is 0 Å². The molecule has 1 aromatic heterocycles. The molecule has 0 spiro atoms. The standard InChI is InChI=1S/C5H7N3.C2H6/c1-2-5-3-6-4-7-8-5;1-2/h3-4H,2H2,1H3;1-2H3. The lowest BCUT2D eigenvalue weighted by Crippen LogP contribution is -1.89. The quantitative estimate of drug-likeness (QED) is 0.591. The van der Waals surface area contributed by atoms with Crippen LogP contribution in [0.2, 0.25) is 0 Å². The summed E-state index contributed by atoms with van der Waals surface area (Å²) in [7, 11) is 0. The molecule has 0 N–H and O–H groups in total. The Morgan fingerprint density at radius 3 is 2.40 bits per heavy atom. The van der Waals surface area contributed by atoms with Gasteiger partial charge in [-0.05, 0) is 6.42 Å². The van der Waals surface area contributed by atoms with Crippen molar-refractivity contribution >= 4 is 0 Å². The topological polar surface area (TPSA) is 38.7 Å². The number of hydrogen-bond donors (Lipinski definition) is 0. The van der Waals surface area contributed by atoms with Crippen molar-refractivity contribution in [1.29, 1.82) is 0 Å². The first-order chi connectivity index (χ1) is 4.93. The zero-order chi connectivity index (χ0) is 7.82. The van der Waals surface area contributed by atoms with Gasteiger partial charge in [-0.2, -0.15) is 5.10 Å². The summed E-state index contributed by atoms with van der Waals surface area (Å²) in [5, 5.41) is 7.38. The first-order valence-electron chi connectivity index (χ1n) is 3.55. The molecule has 3 nitrogen and oxygen atoms in total. The Kier molecular flexibility index (Phi) is 5.53. The van der Waals surface area contributed by atoms with Crippen LogP contribution in [0.15, 0.2) is 12.5 Å². The van der Waals surface area contributed by atoms with Gasteiger partial charge < -0.3 is 0 Å². The van der Waals surface area contributed by atoms with Gasteiger partial charge in [0.1, 0.15) is 6.33 Å². The van der Waals surface area contributed by atoms with Gasteiger partial charge in [0.05, 0.1) is 11.9 Å². The van der Waals surface area contributed by atoms with E-state index in [4.69, 9.17) is 0 Å². The van der Waals surface area contributed by atoms with E-state index >= 15 is 0 Å². The van der Waals surface area contributed by atoms with E-state index in [0.29, 0.717) is 0 Å². The molecule has 0 radical (unpaired) electrons. The maximum absolute atomic E-state index is 3.78. The zero-order valence-electron chi connectivity index (χ0n) is 6.70. The summed E-state index contributed by atoms with van der Waals surface area (Å²) in [5.74, 6) is 0. The Morgan fingerprint density at radius 1 is 1.40 bits per heavy atom. The van der Waals surface area contributed by atoms with Gasteiger partial charge in [0, 0.05) is 0 Å². The molecule has 0 bridgehead atoms. The molecule has 1 heterocycles. The van der Waals surface area contributed by atoms with Crippen molar-refractivity contribution in [1.82, 2.24) is 15.2 Å². The van der Waals surface area contributed by atoms with Gasteiger partial charge >= 0.3 is 0 Å². The third kappa shape index (κ3) is 3.12. The fraction of sp³-hybridized carbons (Fsp3) is 0.571. The summed E-state index contributed by atoms with van der Waals surface area (Å²) in [4.78, 5) is 3.78. The number of rotatable bonds is 1. The molecule has 0 saturated carbocycles. The molecule has 3 heteroatoms. The van der Waals surface area contributed by atoms with Crippen LogP contribution in [0, 0.1) is 0 Å². The Hall–Kier alpha value is -0.990. The summed E-state index contributed by atoms with van der Waals surface area (Å²) < 4.78 is 0. The molecule has 56 valence electrons. The Bertz CT molecular complexity index is 150. The predicted octanol–water partition coefficient (Wildman–Crippen LogP) is 1.46. The highest BCUT2D eigenvalue weighted by molar-refractivity contribution is 4.88. The Morgan fingerprint density at radius 2 is 2.10 bits per heavy atom. The molecule has 0 aliphatic rings. The second-order valence-electron chi connectivity index (χ2n) is 1.45. The molecule has 0 aromatic carbocycles. The molecule has 10 heavy (non-hydrogen) atoms. The lowest BCUT2D eigenvalue weighted by Gasteiger charge is -1.86. The van der Waals surface area contributed by atoms with Crippen molar-refractivity contribution in [3.8, 4) is 0 Å². The van der Waals surface area contributed by atoms with Crippen LogP contribution < -0.4 is 0 Å². The second-order valence-corrected chi connectivity index (χ2v) is 1.45. The van der Waals surface area contributed by atoms with E-state index in [1.807, 2.05) is 20.8 Å². The van der Waals surface area contributed by atoms with E-state index < -0.39 is 0 Å². The largest absolute Gasteiger partial charge is 0.241 e. The minimum atomic E-state index is 0.904. The number of hydrogen-bond acceptors (Lipinski definition) is 3. The molecule has 0 aliphatic carbocycles. The van der Waals surface area contributed by atoms with Crippen molar-refractivity contribution in [2.45, 2.75) is 27.2 Å². The second kappa shape index (κ2) is 6.13. The molecule has 1 rings (SSSR count). The highest BCUT2D eigenvalue weighted by Crippen LogP contribution is 1.85. The average molecular weight is 139 g/mol. The van der Waals surface area contributed by atoms with Crippen molar-refractivity contribution in [2.24, 2.45) is 0 Å². The number of nitrogens with zero attached hydrogens (tertiary/aromatic N) is 3. The number of aromatic nitrogens is 3. The summed E-state index contributed by atoms with van der Waals surface area (Å²) >= 11 is 0. The van der Waals surface area contributed by atoms with Gasteiger partial charge in [-0.15, -0.1) is 5.10 Å². The highest BCUT2D eigenvalue weighted by atomic mass is 15.1. The van der Waals surface area contributed by atoms with Gasteiger partial charge in [0.2, 0.25) is 0 Å². The normalized spacial score (nSPS) is 7.90. The average Bonchev–Trinajstić information content (AvgIpc) is 2.10. The van der Waals surface area contributed by atoms with E-state index in [9.17, 15) is 0 Å². The third-order valence-electron chi connectivity index (χ3n) is 0.890. The van der Waals surface area contributed by atoms with Crippen LogP contribution in [0.3, 0.4) is 0 Å². The lowest BCUT2D eigenvalue weighted by molar-refractivity contribution is 0.877. The predicted molar refractivity (Wildman–Crippen MR) is 40.6 cm³/mol. The van der Waals surface area contributed by atoms with E-state index in [-0.39, 0.29) is 0 Å². The van der Waals surface area contributed by atoms with Crippen molar-refractivity contribution in [2.75, 3.05) is 0 Å². The lowest BCUT2D eigenvalue weighted by atomic mass is 10.4. The molecule has 0 unspecified atom stereocenters. The Labute approximate surface area is 61.5 Å².